The summed E-state index contributed by atoms with van der Waals surface area (Å²) in [6, 6.07) is 7.85. The Bertz CT molecular complexity index is 689. The van der Waals surface area contributed by atoms with Gasteiger partial charge >= 0.3 is 8.80 Å². The van der Waals surface area contributed by atoms with Crippen molar-refractivity contribution < 1.29 is 13.3 Å². The predicted octanol–water partition coefficient (Wildman–Crippen LogP) is 0.882. The molecule has 0 amide bonds. The highest BCUT2D eigenvalue weighted by atomic mass is 28.4. The molecular formula is C17H27N5O3Si. The van der Waals surface area contributed by atoms with Crippen LogP contribution in [0.4, 0.5) is 5.69 Å². The lowest BCUT2D eigenvalue weighted by molar-refractivity contribution is 0.140. The van der Waals surface area contributed by atoms with Crippen LogP contribution in [0, 0.1) is 0 Å². The molecule has 0 radical (unpaired) electrons. The first-order chi connectivity index (χ1) is 12.5. The second kappa shape index (κ2) is 7.35. The molecule has 1 aliphatic carbocycles. The Kier molecular flexibility index (Phi) is 5.33. The van der Waals surface area contributed by atoms with Crippen LogP contribution in [0.5, 0.6) is 0 Å². The van der Waals surface area contributed by atoms with Crippen molar-refractivity contribution in [2.75, 3.05) is 26.2 Å². The Labute approximate surface area is 155 Å². The molecule has 1 aromatic carbocycles. The van der Waals surface area contributed by atoms with Gasteiger partial charge in [0.05, 0.1) is 0 Å². The fourth-order valence-electron chi connectivity index (χ4n) is 3.91. The van der Waals surface area contributed by atoms with E-state index in [0.717, 1.165) is 36.6 Å². The number of nitrogens with zero attached hydrogens (tertiary/aromatic N) is 3. The minimum atomic E-state index is -2.87. The van der Waals surface area contributed by atoms with E-state index in [2.05, 4.69) is 9.98 Å². The molecule has 2 aliphatic rings. The normalized spacial score (nSPS) is 20.0. The molecule has 0 saturated heterocycles. The molecule has 1 fully saturated rings. The van der Waals surface area contributed by atoms with Crippen molar-refractivity contribution in [3.8, 4) is 0 Å². The predicted molar refractivity (Wildman–Crippen MR) is 104 cm³/mol. The third-order valence-corrected chi connectivity index (χ3v) is 7.79. The van der Waals surface area contributed by atoms with Crippen molar-refractivity contribution >= 4 is 31.6 Å². The van der Waals surface area contributed by atoms with Gasteiger partial charge in [-0.2, -0.15) is 4.99 Å². The lowest BCUT2D eigenvalue weighted by Crippen LogP contribution is -2.58. The zero-order valence-corrected chi connectivity index (χ0v) is 16.6. The molecule has 1 spiro atoms. The minimum absolute atomic E-state index is 0.252. The van der Waals surface area contributed by atoms with Gasteiger partial charge in [-0.15, -0.1) is 0 Å². The van der Waals surface area contributed by atoms with Crippen LogP contribution in [0.3, 0.4) is 0 Å². The fraction of sp³-hybridized carbons (Fsp3) is 0.529. The van der Waals surface area contributed by atoms with Gasteiger partial charge in [0.2, 0.25) is 11.9 Å². The third kappa shape index (κ3) is 3.11. The molecular weight excluding hydrogens is 350 g/mol. The number of guanidine groups is 2. The van der Waals surface area contributed by atoms with Gasteiger partial charge in [0.1, 0.15) is 5.66 Å². The highest BCUT2D eigenvalue weighted by Gasteiger charge is 2.44. The van der Waals surface area contributed by atoms with Crippen molar-refractivity contribution in [3.63, 3.8) is 0 Å². The maximum Gasteiger partial charge on any atom is 0.536 e. The molecule has 1 aromatic rings. The first-order valence-electron chi connectivity index (χ1n) is 8.76. The van der Waals surface area contributed by atoms with Crippen LogP contribution in [-0.4, -0.2) is 47.7 Å². The summed E-state index contributed by atoms with van der Waals surface area (Å²) in [6.07, 6.45) is 5.18. The molecule has 0 atom stereocenters. The average molecular weight is 378 g/mol. The summed E-state index contributed by atoms with van der Waals surface area (Å²) in [5.74, 6) is 0.628. The summed E-state index contributed by atoms with van der Waals surface area (Å²) in [5, 5.41) is 0.877. The van der Waals surface area contributed by atoms with Gasteiger partial charge < -0.3 is 24.7 Å². The Hall–Kier alpha value is -1.94. The number of hydrogen-bond acceptors (Lipinski definition) is 8. The lowest BCUT2D eigenvalue weighted by Gasteiger charge is -2.45. The minimum Gasteiger partial charge on any atom is -0.373 e. The fourth-order valence-corrected chi connectivity index (χ4v) is 5.70. The summed E-state index contributed by atoms with van der Waals surface area (Å²) in [6.45, 7) is 0. The van der Waals surface area contributed by atoms with Gasteiger partial charge in [-0.1, -0.05) is 18.6 Å². The number of benzene rings is 1. The molecule has 0 bridgehead atoms. The maximum absolute atomic E-state index is 6.26. The SMILES string of the molecule is CO[Si](OC)(OC)c1ccc(N2C(N)=NC(N)=NC23CCCCC3)cc1. The Morgan fingerprint density at radius 1 is 0.962 bits per heavy atom. The van der Waals surface area contributed by atoms with Crippen LogP contribution in [0.2, 0.25) is 0 Å². The average Bonchev–Trinajstić information content (AvgIpc) is 2.65. The molecule has 8 nitrogen and oxygen atoms in total. The van der Waals surface area contributed by atoms with E-state index in [1.165, 1.54) is 6.42 Å². The molecule has 1 heterocycles. The number of anilines is 1. The molecule has 4 N–H and O–H groups in total. The summed E-state index contributed by atoms with van der Waals surface area (Å²) in [7, 11) is 1.91. The van der Waals surface area contributed by atoms with E-state index in [1.54, 1.807) is 21.3 Å². The highest BCUT2D eigenvalue weighted by Crippen LogP contribution is 2.39. The molecule has 142 valence electrons. The Balaban J connectivity index is 1.98. The third-order valence-electron chi connectivity index (χ3n) is 5.14. The first-order valence-corrected chi connectivity index (χ1v) is 10.5. The smallest absolute Gasteiger partial charge is 0.373 e. The van der Waals surface area contributed by atoms with Crippen molar-refractivity contribution in [3.05, 3.63) is 24.3 Å². The topological polar surface area (TPSA) is 108 Å². The van der Waals surface area contributed by atoms with Crippen LogP contribution in [0.25, 0.3) is 0 Å². The number of aliphatic imine (C=N–C) groups is 2. The zero-order valence-electron chi connectivity index (χ0n) is 15.6. The molecule has 0 aromatic heterocycles. The summed E-state index contributed by atoms with van der Waals surface area (Å²) >= 11 is 0. The molecule has 1 aliphatic heterocycles. The summed E-state index contributed by atoms with van der Waals surface area (Å²) in [4.78, 5) is 10.9. The number of rotatable bonds is 5. The van der Waals surface area contributed by atoms with Gasteiger partial charge in [-0.25, -0.2) is 4.99 Å². The summed E-state index contributed by atoms with van der Waals surface area (Å²) < 4.78 is 16.6. The van der Waals surface area contributed by atoms with E-state index in [1.807, 2.05) is 29.2 Å². The van der Waals surface area contributed by atoms with Gasteiger partial charge in [0, 0.05) is 32.2 Å². The maximum atomic E-state index is 6.26. The monoisotopic (exact) mass is 377 g/mol. The van der Waals surface area contributed by atoms with Gasteiger partial charge in [-0.3, -0.25) is 4.90 Å². The summed E-state index contributed by atoms with van der Waals surface area (Å²) in [5.41, 5.74) is 12.6. The van der Waals surface area contributed by atoms with Crippen LogP contribution in [-0.2, 0) is 13.3 Å². The van der Waals surface area contributed by atoms with Crippen molar-refractivity contribution in [1.82, 2.24) is 0 Å². The molecule has 26 heavy (non-hydrogen) atoms. The first kappa shape index (κ1) is 18.8. The van der Waals surface area contributed by atoms with Crippen LogP contribution < -0.4 is 21.6 Å². The van der Waals surface area contributed by atoms with Crippen LogP contribution in [0.1, 0.15) is 32.1 Å². The van der Waals surface area contributed by atoms with Crippen LogP contribution >= 0.6 is 0 Å². The number of hydrogen-bond donors (Lipinski definition) is 2. The van der Waals surface area contributed by atoms with Gasteiger partial charge in [0.15, 0.2) is 0 Å². The Morgan fingerprint density at radius 2 is 1.54 bits per heavy atom. The largest absolute Gasteiger partial charge is 0.536 e. The molecule has 3 rings (SSSR count). The Morgan fingerprint density at radius 3 is 2.08 bits per heavy atom. The standard InChI is InChI=1S/C17H27N5O3Si/c1-23-26(24-2,25-3)14-9-7-13(8-10-14)22-16(19)20-15(18)21-17(22)11-5-4-6-12-17/h7-10H,4-6,11-12H2,1-3H3,(H4,18,19,20,21). The van der Waals surface area contributed by atoms with Gasteiger partial charge in [-0.05, 0) is 37.8 Å². The van der Waals surface area contributed by atoms with E-state index in [4.69, 9.17) is 24.7 Å². The van der Waals surface area contributed by atoms with E-state index in [9.17, 15) is 0 Å². The van der Waals surface area contributed by atoms with Crippen molar-refractivity contribution in [2.24, 2.45) is 21.5 Å². The van der Waals surface area contributed by atoms with E-state index < -0.39 is 14.5 Å². The van der Waals surface area contributed by atoms with Crippen LogP contribution in [0.15, 0.2) is 34.3 Å². The zero-order chi connectivity index (χ0) is 18.8. The number of nitrogens with two attached hydrogens (primary N) is 2. The van der Waals surface area contributed by atoms with E-state index >= 15 is 0 Å². The van der Waals surface area contributed by atoms with E-state index in [0.29, 0.717) is 5.96 Å². The van der Waals surface area contributed by atoms with Crippen molar-refractivity contribution in [1.29, 1.82) is 0 Å². The van der Waals surface area contributed by atoms with E-state index in [-0.39, 0.29) is 5.96 Å². The quantitative estimate of drug-likeness (QED) is 0.738. The highest BCUT2D eigenvalue weighted by molar-refractivity contribution is 6.75. The lowest BCUT2D eigenvalue weighted by atomic mass is 9.87. The van der Waals surface area contributed by atoms with Crippen molar-refractivity contribution in [2.45, 2.75) is 37.8 Å². The molecule has 0 unspecified atom stereocenters. The molecule has 9 heteroatoms. The second-order valence-corrected chi connectivity index (χ2v) is 9.45. The van der Waals surface area contributed by atoms with Gasteiger partial charge in [0.25, 0.3) is 0 Å². The second-order valence-electron chi connectivity index (χ2n) is 6.53. The molecule has 1 saturated carbocycles.